The number of anilines is 1. The number of carbonyl (C=O) groups is 1. The Morgan fingerprint density at radius 3 is 2.85 bits per heavy atom. The first kappa shape index (κ1) is 22.3. The third kappa shape index (κ3) is 3.08. The predicted octanol–water partition coefficient (Wildman–Crippen LogP) is 5.14. The van der Waals surface area contributed by atoms with E-state index in [9.17, 15) is 18.7 Å². The molecule has 1 aromatic heterocycles. The number of nitrogens with zero attached hydrogens (tertiary/aromatic N) is 1. The molecule has 34 heavy (non-hydrogen) atoms. The minimum absolute atomic E-state index is 0.231. The summed E-state index contributed by atoms with van der Waals surface area (Å²) >= 11 is 1.61. The molecule has 1 aromatic carbocycles. The molecule has 1 spiro atoms. The molecule has 2 aromatic rings. The molecule has 8 heteroatoms. The van der Waals surface area contributed by atoms with Gasteiger partial charge >= 0.3 is 0 Å². The van der Waals surface area contributed by atoms with Crippen molar-refractivity contribution in [1.82, 2.24) is 9.29 Å². The minimum Gasteiger partial charge on any atom is -0.396 e. The van der Waals surface area contributed by atoms with Crippen molar-refractivity contribution in [3.63, 3.8) is 0 Å². The van der Waals surface area contributed by atoms with Crippen LogP contribution >= 0.6 is 11.9 Å². The van der Waals surface area contributed by atoms with Gasteiger partial charge in [-0.2, -0.15) is 0 Å². The van der Waals surface area contributed by atoms with Gasteiger partial charge in [-0.05, 0) is 97.9 Å². The highest BCUT2D eigenvalue weighted by atomic mass is 32.2. The van der Waals surface area contributed by atoms with Crippen LogP contribution in [0.5, 0.6) is 0 Å². The summed E-state index contributed by atoms with van der Waals surface area (Å²) in [6.07, 6.45) is 9.68. The molecular weight excluding hydrogens is 456 g/mol. The van der Waals surface area contributed by atoms with Crippen LogP contribution in [0.25, 0.3) is 6.08 Å². The van der Waals surface area contributed by atoms with Gasteiger partial charge < -0.3 is 15.0 Å². The van der Waals surface area contributed by atoms with Crippen molar-refractivity contribution in [1.29, 1.82) is 0 Å². The van der Waals surface area contributed by atoms with E-state index >= 15 is 0 Å². The maximum Gasteiger partial charge on any atom is 0.272 e. The molecule has 1 amide bonds. The number of nitrogens with one attached hydrogen (secondary N) is 2. The van der Waals surface area contributed by atoms with Crippen molar-refractivity contribution in [3.8, 4) is 0 Å². The number of rotatable bonds is 6. The number of aliphatic hydroxyl groups is 1. The van der Waals surface area contributed by atoms with Gasteiger partial charge in [-0.25, -0.2) is 8.78 Å². The fourth-order valence-corrected chi connectivity index (χ4v) is 8.20. The molecule has 6 rings (SSSR count). The lowest BCUT2D eigenvalue weighted by Gasteiger charge is -2.78. The molecule has 1 aliphatic heterocycles. The number of hydrogen-bond acceptors (Lipinski definition) is 4. The lowest BCUT2D eigenvalue weighted by Crippen LogP contribution is -2.79. The number of halogens is 2. The van der Waals surface area contributed by atoms with E-state index in [1.807, 2.05) is 6.92 Å². The van der Waals surface area contributed by atoms with Crippen molar-refractivity contribution in [2.45, 2.75) is 56.5 Å². The fraction of sp³-hybridized carbons (Fsp3) is 0.500. The number of amides is 1. The Hall–Kier alpha value is -2.16. The normalized spacial score (nSPS) is 30.7. The molecule has 0 saturated heterocycles. The number of hydrogen-bond donors (Lipinski definition) is 3. The van der Waals surface area contributed by atoms with Crippen molar-refractivity contribution in [2.24, 2.45) is 23.2 Å². The van der Waals surface area contributed by atoms with Crippen LogP contribution in [-0.4, -0.2) is 28.2 Å². The van der Waals surface area contributed by atoms with Crippen LogP contribution in [0, 0.1) is 41.7 Å². The first-order valence-electron chi connectivity index (χ1n) is 12.1. The summed E-state index contributed by atoms with van der Waals surface area (Å²) in [5, 5.41) is 12.4. The van der Waals surface area contributed by atoms with Crippen LogP contribution in [0.2, 0.25) is 0 Å². The van der Waals surface area contributed by atoms with Crippen LogP contribution in [0.1, 0.15) is 53.8 Å². The molecule has 4 aliphatic rings. The summed E-state index contributed by atoms with van der Waals surface area (Å²) in [6, 6.07) is 3.84. The summed E-state index contributed by atoms with van der Waals surface area (Å²) in [5.41, 5.74) is 3.08. The number of aromatic nitrogens is 1. The lowest BCUT2D eigenvalue weighted by molar-refractivity contribution is -0.287. The molecular formula is C26H29F2N3O2S. The molecule has 2 heterocycles. The Morgan fingerprint density at radius 2 is 2.15 bits per heavy atom. The maximum atomic E-state index is 13.7. The molecule has 0 radical (unpaired) electrons. The average molecular weight is 486 g/mol. The summed E-state index contributed by atoms with van der Waals surface area (Å²) in [7, 11) is 0. The van der Waals surface area contributed by atoms with Gasteiger partial charge in [-0.1, -0.05) is 6.08 Å². The van der Waals surface area contributed by atoms with Gasteiger partial charge in [0.15, 0.2) is 11.6 Å². The zero-order valence-electron chi connectivity index (χ0n) is 19.1. The summed E-state index contributed by atoms with van der Waals surface area (Å²) < 4.78 is 32.8. The average Bonchev–Trinajstić information content (AvgIpc) is 2.90. The van der Waals surface area contributed by atoms with Crippen molar-refractivity contribution < 1.29 is 18.7 Å². The van der Waals surface area contributed by atoms with E-state index in [4.69, 9.17) is 0 Å². The Labute approximate surface area is 202 Å². The second-order valence-electron chi connectivity index (χ2n) is 10.2. The number of allylic oxidation sites excluding steroid dienone is 1. The molecule has 5 nitrogen and oxygen atoms in total. The third-order valence-electron chi connectivity index (χ3n) is 8.86. The molecule has 0 bridgehead atoms. The second kappa shape index (κ2) is 8.21. The van der Waals surface area contributed by atoms with Crippen LogP contribution in [0.3, 0.4) is 0 Å². The smallest absolute Gasteiger partial charge is 0.272 e. The zero-order valence-corrected chi connectivity index (χ0v) is 19.9. The highest BCUT2D eigenvalue weighted by Crippen LogP contribution is 2.77. The van der Waals surface area contributed by atoms with Gasteiger partial charge in [-0.3, -0.25) is 9.52 Å². The minimum atomic E-state index is -0.987. The first-order valence-corrected chi connectivity index (χ1v) is 13.0. The molecule has 3 aliphatic carbocycles. The summed E-state index contributed by atoms with van der Waals surface area (Å²) in [4.78, 5) is 14.3. The van der Waals surface area contributed by atoms with Crippen molar-refractivity contribution >= 4 is 29.6 Å². The van der Waals surface area contributed by atoms with E-state index in [1.165, 1.54) is 18.9 Å². The van der Waals surface area contributed by atoms with Gasteiger partial charge in [0.1, 0.15) is 5.69 Å². The number of aliphatic hydroxyl groups excluding tert-OH is 1. The highest BCUT2D eigenvalue weighted by Gasteiger charge is 2.75. The van der Waals surface area contributed by atoms with E-state index < -0.39 is 11.6 Å². The zero-order chi connectivity index (χ0) is 23.6. The fourth-order valence-electron chi connectivity index (χ4n) is 7.08. The number of benzene rings is 1. The van der Waals surface area contributed by atoms with E-state index in [1.54, 1.807) is 11.9 Å². The van der Waals surface area contributed by atoms with Gasteiger partial charge in [0.25, 0.3) is 5.91 Å². The monoisotopic (exact) mass is 485 g/mol. The largest absolute Gasteiger partial charge is 0.396 e. The molecule has 3 fully saturated rings. The SMILES string of the molecule is Cc1c(SNC2C3CCC34C(CO)CC24)c2n(c1C(=O)Nc1ccc(F)c(F)c1)CCCC=C2. The Balaban J connectivity index is 1.25. The van der Waals surface area contributed by atoms with E-state index in [0.29, 0.717) is 41.5 Å². The summed E-state index contributed by atoms with van der Waals surface area (Å²) in [6.45, 7) is 2.99. The lowest BCUT2D eigenvalue weighted by atomic mass is 9.28. The predicted molar refractivity (Wildman–Crippen MR) is 128 cm³/mol. The van der Waals surface area contributed by atoms with Crippen LogP contribution in [0.4, 0.5) is 14.5 Å². The Bertz CT molecular complexity index is 1190. The van der Waals surface area contributed by atoms with E-state index in [2.05, 4.69) is 26.8 Å². The number of fused-ring (bicyclic) bond motifs is 1. The van der Waals surface area contributed by atoms with E-state index in [0.717, 1.165) is 54.1 Å². The van der Waals surface area contributed by atoms with Crippen LogP contribution in [-0.2, 0) is 6.54 Å². The van der Waals surface area contributed by atoms with Gasteiger partial charge in [0, 0.05) is 30.9 Å². The number of carbonyl (C=O) groups excluding carboxylic acids is 1. The van der Waals surface area contributed by atoms with Gasteiger partial charge in [0.05, 0.1) is 10.6 Å². The third-order valence-corrected chi connectivity index (χ3v) is 9.97. The Kier molecular flexibility index (Phi) is 5.39. The van der Waals surface area contributed by atoms with Crippen molar-refractivity contribution in [2.75, 3.05) is 11.9 Å². The van der Waals surface area contributed by atoms with Crippen LogP contribution in [0.15, 0.2) is 29.2 Å². The van der Waals surface area contributed by atoms with Gasteiger partial charge in [0.2, 0.25) is 0 Å². The molecule has 3 N–H and O–H groups in total. The standard InChI is InChI=1S/C26H29F2N3O2S/c1-14-23(25(33)29-16-6-7-19(27)20(28)12-16)31-10-4-2-3-5-21(31)24(14)34-30-22-17-8-9-26(17)15(13-32)11-18(22)26/h3,5-7,12,15,17-18,22,30,32H,2,4,8-11,13H2,1H3,(H,29,33). The van der Waals surface area contributed by atoms with Crippen molar-refractivity contribution in [3.05, 3.63) is 52.9 Å². The van der Waals surface area contributed by atoms with Crippen LogP contribution < -0.4 is 10.0 Å². The quantitative estimate of drug-likeness (QED) is 0.496. The molecule has 5 atom stereocenters. The summed E-state index contributed by atoms with van der Waals surface area (Å²) in [5.74, 6) is -0.490. The molecule has 3 saturated carbocycles. The Morgan fingerprint density at radius 1 is 1.29 bits per heavy atom. The highest BCUT2D eigenvalue weighted by molar-refractivity contribution is 7.97. The first-order chi connectivity index (χ1) is 16.5. The van der Waals surface area contributed by atoms with Gasteiger partial charge in [-0.15, -0.1) is 0 Å². The molecule has 5 unspecified atom stereocenters. The van der Waals surface area contributed by atoms with E-state index in [-0.39, 0.29) is 11.6 Å². The second-order valence-corrected chi connectivity index (χ2v) is 11.0. The molecule has 180 valence electrons. The topological polar surface area (TPSA) is 66.3 Å². The maximum absolute atomic E-state index is 13.7.